The van der Waals surface area contributed by atoms with Crippen LogP contribution < -0.4 is 5.73 Å². The minimum Gasteiger partial charge on any atom is -0.400 e. The van der Waals surface area contributed by atoms with Gasteiger partial charge in [0.15, 0.2) is 0 Å². The number of hydrogen-bond donors (Lipinski definition) is 1. The zero-order valence-corrected chi connectivity index (χ0v) is 8.10. The first-order valence-corrected chi connectivity index (χ1v) is 4.47. The van der Waals surface area contributed by atoms with E-state index < -0.39 is 6.17 Å². The fourth-order valence-electron chi connectivity index (χ4n) is 0.947. The summed E-state index contributed by atoms with van der Waals surface area (Å²) in [5.74, 6) is 0. The van der Waals surface area contributed by atoms with Crippen molar-refractivity contribution in [2.75, 3.05) is 0 Å². The maximum atomic E-state index is 12.8. The van der Waals surface area contributed by atoms with Gasteiger partial charge in [0, 0.05) is 5.70 Å². The Kier molecular flexibility index (Phi) is 5.43. The predicted octanol–water partition coefficient (Wildman–Crippen LogP) is 2.93. The van der Waals surface area contributed by atoms with Gasteiger partial charge >= 0.3 is 0 Å². The maximum Gasteiger partial charge on any atom is 0.139 e. The maximum absolute atomic E-state index is 12.8. The van der Waals surface area contributed by atoms with Crippen LogP contribution in [0.4, 0.5) is 4.39 Å². The zero-order valence-electron chi connectivity index (χ0n) is 8.10. The molecular formula is C10H18FN. The van der Waals surface area contributed by atoms with E-state index in [2.05, 4.69) is 0 Å². The molecular weight excluding hydrogens is 153 g/mol. The molecule has 1 nitrogen and oxygen atoms in total. The predicted molar refractivity (Wildman–Crippen MR) is 51.5 cm³/mol. The molecule has 0 fully saturated rings. The Hall–Kier alpha value is -0.790. The van der Waals surface area contributed by atoms with Crippen molar-refractivity contribution in [3.05, 3.63) is 23.4 Å². The third-order valence-electron chi connectivity index (χ3n) is 1.71. The van der Waals surface area contributed by atoms with E-state index >= 15 is 0 Å². The molecule has 0 aliphatic heterocycles. The Morgan fingerprint density at radius 2 is 2.00 bits per heavy atom. The molecule has 2 heteroatoms. The quantitative estimate of drug-likeness (QED) is 0.595. The number of nitrogens with two attached hydrogens (primary N) is 1. The fraction of sp³-hybridized carbons (Fsp3) is 0.600. The molecule has 0 aromatic rings. The lowest BCUT2D eigenvalue weighted by molar-refractivity contribution is 0.359. The Bertz CT molecular complexity index is 182. The summed E-state index contributed by atoms with van der Waals surface area (Å²) in [5.41, 5.74) is 6.94. The summed E-state index contributed by atoms with van der Waals surface area (Å²) in [6, 6.07) is 0. The van der Waals surface area contributed by atoms with Gasteiger partial charge in [-0.2, -0.15) is 0 Å². The van der Waals surface area contributed by atoms with Gasteiger partial charge in [-0.3, -0.25) is 0 Å². The summed E-state index contributed by atoms with van der Waals surface area (Å²) in [4.78, 5) is 0. The van der Waals surface area contributed by atoms with Crippen molar-refractivity contribution in [1.82, 2.24) is 0 Å². The van der Waals surface area contributed by atoms with Gasteiger partial charge in [-0.25, -0.2) is 4.39 Å². The van der Waals surface area contributed by atoms with E-state index in [0.717, 1.165) is 6.42 Å². The highest BCUT2D eigenvalue weighted by Gasteiger charge is 2.11. The van der Waals surface area contributed by atoms with Crippen LogP contribution in [0.25, 0.3) is 0 Å². The largest absolute Gasteiger partial charge is 0.400 e. The van der Waals surface area contributed by atoms with E-state index in [1.54, 1.807) is 6.08 Å². The second-order valence-corrected chi connectivity index (χ2v) is 2.69. The van der Waals surface area contributed by atoms with E-state index in [9.17, 15) is 4.39 Å². The molecule has 0 saturated carbocycles. The summed E-state index contributed by atoms with van der Waals surface area (Å²) >= 11 is 0. The topological polar surface area (TPSA) is 26.0 Å². The molecule has 1 atom stereocenters. The van der Waals surface area contributed by atoms with Crippen molar-refractivity contribution in [2.45, 2.75) is 39.8 Å². The van der Waals surface area contributed by atoms with Crippen LogP contribution in [0.1, 0.15) is 33.6 Å². The Morgan fingerprint density at radius 3 is 2.58 bits per heavy atom. The Morgan fingerprint density at radius 1 is 1.42 bits per heavy atom. The molecule has 12 heavy (non-hydrogen) atoms. The standard InChI is InChI=1S/C8H12FN.C2H6/c1-6-2-4-7(9)8(10)5-3-6;1-2/h3,5,7H,2,4,10H2,1H3;1-2H3. The van der Waals surface area contributed by atoms with Gasteiger partial charge in [0.2, 0.25) is 0 Å². The number of hydrogen-bond acceptors (Lipinski definition) is 1. The first-order chi connectivity index (χ1) is 5.70. The third kappa shape index (κ3) is 3.56. The Labute approximate surface area is 74.1 Å². The van der Waals surface area contributed by atoms with Crippen LogP contribution in [0.2, 0.25) is 0 Å². The minimum absolute atomic E-state index is 0.358. The van der Waals surface area contributed by atoms with Crippen LogP contribution in [0, 0.1) is 0 Å². The number of halogens is 1. The van der Waals surface area contributed by atoms with Crippen LogP contribution in [0.15, 0.2) is 23.4 Å². The van der Waals surface area contributed by atoms with Crippen molar-refractivity contribution in [2.24, 2.45) is 5.73 Å². The van der Waals surface area contributed by atoms with E-state index in [1.807, 2.05) is 26.8 Å². The fourth-order valence-corrected chi connectivity index (χ4v) is 0.947. The monoisotopic (exact) mass is 171 g/mol. The molecule has 70 valence electrons. The molecule has 1 aliphatic carbocycles. The number of alkyl halides is 1. The van der Waals surface area contributed by atoms with Crippen molar-refractivity contribution >= 4 is 0 Å². The van der Waals surface area contributed by atoms with E-state index in [0.29, 0.717) is 12.1 Å². The molecule has 0 amide bonds. The van der Waals surface area contributed by atoms with Crippen LogP contribution in [-0.2, 0) is 0 Å². The summed E-state index contributed by atoms with van der Waals surface area (Å²) < 4.78 is 12.8. The molecule has 0 aromatic heterocycles. The molecule has 1 aliphatic rings. The SMILES string of the molecule is CC.CC1=CC=C(N)C(F)CC1. The summed E-state index contributed by atoms with van der Waals surface area (Å²) in [6.45, 7) is 5.99. The molecule has 0 heterocycles. The first kappa shape index (κ1) is 11.2. The molecule has 2 N–H and O–H groups in total. The average Bonchev–Trinajstić information content (AvgIpc) is 2.24. The van der Waals surface area contributed by atoms with Gasteiger partial charge in [-0.05, 0) is 25.8 Å². The lowest BCUT2D eigenvalue weighted by Gasteiger charge is -2.03. The first-order valence-electron chi connectivity index (χ1n) is 4.47. The minimum atomic E-state index is -0.936. The van der Waals surface area contributed by atoms with Gasteiger partial charge in [0.05, 0.1) is 0 Å². The number of allylic oxidation sites excluding steroid dienone is 4. The van der Waals surface area contributed by atoms with Crippen LogP contribution in [0.3, 0.4) is 0 Å². The van der Waals surface area contributed by atoms with E-state index in [-0.39, 0.29) is 0 Å². The van der Waals surface area contributed by atoms with Gasteiger partial charge in [0.1, 0.15) is 6.17 Å². The Balaban J connectivity index is 0.000000561. The molecule has 1 rings (SSSR count). The van der Waals surface area contributed by atoms with Crippen LogP contribution in [0.5, 0.6) is 0 Å². The summed E-state index contributed by atoms with van der Waals surface area (Å²) in [6.07, 6.45) is 3.96. The highest BCUT2D eigenvalue weighted by molar-refractivity contribution is 5.20. The van der Waals surface area contributed by atoms with Crippen LogP contribution >= 0.6 is 0 Å². The second-order valence-electron chi connectivity index (χ2n) is 2.69. The third-order valence-corrected chi connectivity index (χ3v) is 1.71. The van der Waals surface area contributed by atoms with Gasteiger partial charge in [-0.1, -0.05) is 25.5 Å². The molecule has 0 radical (unpaired) electrons. The van der Waals surface area contributed by atoms with Gasteiger partial charge < -0.3 is 5.73 Å². The van der Waals surface area contributed by atoms with Crippen molar-refractivity contribution in [3.63, 3.8) is 0 Å². The zero-order chi connectivity index (χ0) is 9.56. The van der Waals surface area contributed by atoms with Crippen molar-refractivity contribution in [1.29, 1.82) is 0 Å². The molecule has 0 saturated heterocycles. The highest BCUT2D eigenvalue weighted by Crippen LogP contribution is 2.17. The van der Waals surface area contributed by atoms with E-state index in [4.69, 9.17) is 5.73 Å². The lowest BCUT2D eigenvalue weighted by atomic mass is 10.1. The van der Waals surface area contributed by atoms with Gasteiger partial charge in [-0.15, -0.1) is 0 Å². The van der Waals surface area contributed by atoms with Crippen molar-refractivity contribution in [3.8, 4) is 0 Å². The second kappa shape index (κ2) is 5.81. The normalized spacial score (nSPS) is 22.8. The molecule has 0 spiro atoms. The summed E-state index contributed by atoms with van der Waals surface area (Å²) in [7, 11) is 0. The smallest absolute Gasteiger partial charge is 0.139 e. The average molecular weight is 171 g/mol. The van der Waals surface area contributed by atoms with E-state index in [1.165, 1.54) is 5.57 Å². The molecule has 1 unspecified atom stereocenters. The van der Waals surface area contributed by atoms with Gasteiger partial charge in [0.25, 0.3) is 0 Å². The molecule has 0 aromatic carbocycles. The van der Waals surface area contributed by atoms with Crippen LogP contribution in [-0.4, -0.2) is 6.17 Å². The highest BCUT2D eigenvalue weighted by atomic mass is 19.1. The lowest BCUT2D eigenvalue weighted by Crippen LogP contribution is -2.11. The van der Waals surface area contributed by atoms with Crippen molar-refractivity contribution < 1.29 is 4.39 Å². The summed E-state index contributed by atoms with van der Waals surface area (Å²) in [5, 5.41) is 0. The molecule has 0 bridgehead atoms. The number of rotatable bonds is 0.